The van der Waals surface area contributed by atoms with Crippen LogP contribution in [-0.4, -0.2) is 53.7 Å². The summed E-state index contributed by atoms with van der Waals surface area (Å²) in [6, 6.07) is 8.03. The van der Waals surface area contributed by atoms with E-state index in [4.69, 9.17) is 0 Å². The third kappa shape index (κ3) is 4.92. The van der Waals surface area contributed by atoms with E-state index in [1.54, 1.807) is 11.8 Å². The molecule has 142 valence electrons. The van der Waals surface area contributed by atoms with Crippen LogP contribution in [0.3, 0.4) is 0 Å². The van der Waals surface area contributed by atoms with Gasteiger partial charge in [0, 0.05) is 37.5 Å². The van der Waals surface area contributed by atoms with Crippen molar-refractivity contribution in [3.63, 3.8) is 0 Å². The Morgan fingerprint density at radius 2 is 2.15 bits per heavy atom. The van der Waals surface area contributed by atoms with E-state index >= 15 is 0 Å². The molecule has 0 aromatic heterocycles. The van der Waals surface area contributed by atoms with Gasteiger partial charge in [0.25, 0.3) is 0 Å². The Morgan fingerprint density at radius 1 is 1.35 bits per heavy atom. The van der Waals surface area contributed by atoms with Crippen LogP contribution in [0, 0.1) is 0 Å². The number of benzene rings is 1. The van der Waals surface area contributed by atoms with Gasteiger partial charge in [-0.1, -0.05) is 12.1 Å². The number of hydrogen-bond donors (Lipinski definition) is 3. The summed E-state index contributed by atoms with van der Waals surface area (Å²) in [5.74, 6) is 2.71. The summed E-state index contributed by atoms with van der Waals surface area (Å²) in [4.78, 5) is 18.3. The molecule has 1 atom stereocenters. The van der Waals surface area contributed by atoms with Crippen molar-refractivity contribution in [2.24, 2.45) is 4.99 Å². The van der Waals surface area contributed by atoms with E-state index in [9.17, 15) is 9.90 Å². The number of aliphatic imine (C=N–C) groups is 1. The predicted octanol–water partition coefficient (Wildman–Crippen LogP) is 1.74. The van der Waals surface area contributed by atoms with Gasteiger partial charge in [-0.3, -0.25) is 4.79 Å². The molecule has 2 saturated heterocycles. The Kier molecular flexibility index (Phi) is 6.43. The molecule has 0 bridgehead atoms. The zero-order valence-corrected chi connectivity index (χ0v) is 16.1. The van der Waals surface area contributed by atoms with Gasteiger partial charge >= 0.3 is 0 Å². The molecule has 1 aromatic carbocycles. The number of thioether (sulfide) groups is 1. The number of hydrogen-bond acceptors (Lipinski definition) is 4. The zero-order chi connectivity index (χ0) is 18.4. The zero-order valence-electron chi connectivity index (χ0n) is 15.3. The fourth-order valence-corrected chi connectivity index (χ4v) is 4.49. The van der Waals surface area contributed by atoms with E-state index in [0.29, 0.717) is 19.5 Å². The number of aliphatic hydroxyl groups is 1. The lowest BCUT2D eigenvalue weighted by atomic mass is 10.0. The number of nitrogens with zero attached hydrogens (tertiary/aromatic N) is 2. The van der Waals surface area contributed by atoms with Crippen molar-refractivity contribution >= 4 is 29.3 Å². The van der Waals surface area contributed by atoms with E-state index in [1.165, 1.54) is 0 Å². The minimum Gasteiger partial charge on any atom is -0.387 e. The number of guanidine groups is 1. The molecule has 3 rings (SSSR count). The smallest absolute Gasteiger partial charge is 0.227 e. The summed E-state index contributed by atoms with van der Waals surface area (Å²) >= 11 is 1.79. The van der Waals surface area contributed by atoms with E-state index in [-0.39, 0.29) is 5.91 Å². The molecule has 2 aliphatic rings. The monoisotopic (exact) mass is 376 g/mol. The molecule has 6 nitrogen and oxygen atoms in total. The number of amides is 1. The highest BCUT2D eigenvalue weighted by Crippen LogP contribution is 2.27. The van der Waals surface area contributed by atoms with Crippen LogP contribution in [0.15, 0.2) is 29.3 Å². The molecule has 0 radical (unpaired) electrons. The van der Waals surface area contributed by atoms with Crippen molar-refractivity contribution in [1.29, 1.82) is 0 Å². The highest BCUT2D eigenvalue weighted by molar-refractivity contribution is 7.99. The third-order valence-electron chi connectivity index (χ3n) is 4.75. The minimum absolute atomic E-state index is 0.206. The summed E-state index contributed by atoms with van der Waals surface area (Å²) in [5.41, 5.74) is 1.42. The fourth-order valence-electron chi connectivity index (χ4n) is 3.20. The standard InChI is InChI=1S/C19H28N4O2S/c1-2-20-18(22-13-19(25)9-11-26-14-19)21-12-15-5-7-16(8-6-15)23-10-3-4-17(23)24/h5-8,25H,2-4,9-14H2,1H3,(H2,20,21,22). The second-order valence-electron chi connectivity index (χ2n) is 6.89. The van der Waals surface area contributed by atoms with Crippen LogP contribution in [0.25, 0.3) is 0 Å². The molecule has 1 unspecified atom stereocenters. The topological polar surface area (TPSA) is 77.0 Å². The SMILES string of the molecule is CCNC(=NCc1ccc(N2CCCC2=O)cc1)NCC1(O)CCSC1. The maximum atomic E-state index is 11.8. The lowest BCUT2D eigenvalue weighted by Crippen LogP contribution is -2.47. The molecular formula is C19H28N4O2S. The lowest BCUT2D eigenvalue weighted by Gasteiger charge is -2.23. The molecule has 0 aliphatic carbocycles. The highest BCUT2D eigenvalue weighted by atomic mass is 32.2. The van der Waals surface area contributed by atoms with E-state index in [0.717, 1.165) is 54.6 Å². The average Bonchev–Trinajstić information content (AvgIpc) is 3.27. The second kappa shape index (κ2) is 8.77. The highest BCUT2D eigenvalue weighted by Gasteiger charge is 2.31. The fraction of sp³-hybridized carbons (Fsp3) is 0.579. The quantitative estimate of drug-likeness (QED) is 0.521. The number of nitrogens with one attached hydrogen (secondary N) is 2. The molecule has 1 aromatic rings. The minimum atomic E-state index is -0.634. The van der Waals surface area contributed by atoms with Gasteiger partial charge in [0.1, 0.15) is 0 Å². The Morgan fingerprint density at radius 3 is 2.77 bits per heavy atom. The molecule has 2 fully saturated rings. The summed E-state index contributed by atoms with van der Waals surface area (Å²) < 4.78 is 0. The van der Waals surface area contributed by atoms with Gasteiger partial charge in [-0.15, -0.1) is 0 Å². The Balaban J connectivity index is 1.57. The van der Waals surface area contributed by atoms with E-state index < -0.39 is 5.60 Å². The molecule has 0 spiro atoms. The van der Waals surface area contributed by atoms with Gasteiger partial charge in [-0.25, -0.2) is 4.99 Å². The van der Waals surface area contributed by atoms with Gasteiger partial charge in [-0.05, 0) is 43.2 Å². The first-order valence-corrected chi connectivity index (χ1v) is 10.5. The lowest BCUT2D eigenvalue weighted by molar-refractivity contribution is -0.117. The summed E-state index contributed by atoms with van der Waals surface area (Å²) in [6.07, 6.45) is 2.41. The van der Waals surface area contributed by atoms with Crippen molar-refractivity contribution in [1.82, 2.24) is 10.6 Å². The molecular weight excluding hydrogens is 348 g/mol. The number of anilines is 1. The van der Waals surface area contributed by atoms with Crippen molar-refractivity contribution in [3.05, 3.63) is 29.8 Å². The second-order valence-corrected chi connectivity index (χ2v) is 8.00. The van der Waals surface area contributed by atoms with Gasteiger partial charge in [0.2, 0.25) is 5.91 Å². The van der Waals surface area contributed by atoms with Crippen LogP contribution in [0.4, 0.5) is 5.69 Å². The van der Waals surface area contributed by atoms with E-state index in [2.05, 4.69) is 15.6 Å². The van der Waals surface area contributed by atoms with Crippen LogP contribution in [0.2, 0.25) is 0 Å². The summed E-state index contributed by atoms with van der Waals surface area (Å²) in [7, 11) is 0. The van der Waals surface area contributed by atoms with Crippen LogP contribution in [0.1, 0.15) is 31.7 Å². The maximum Gasteiger partial charge on any atom is 0.227 e. The molecule has 3 N–H and O–H groups in total. The van der Waals surface area contributed by atoms with Crippen molar-refractivity contribution in [2.75, 3.05) is 36.0 Å². The number of rotatable bonds is 6. The van der Waals surface area contributed by atoms with Crippen LogP contribution in [-0.2, 0) is 11.3 Å². The molecule has 26 heavy (non-hydrogen) atoms. The number of carbonyl (C=O) groups is 1. The van der Waals surface area contributed by atoms with Gasteiger partial charge in [0.05, 0.1) is 12.1 Å². The first-order valence-electron chi connectivity index (χ1n) is 9.31. The predicted molar refractivity (Wildman–Crippen MR) is 108 cm³/mol. The largest absolute Gasteiger partial charge is 0.387 e. The van der Waals surface area contributed by atoms with E-state index in [1.807, 2.05) is 36.1 Å². The molecule has 2 heterocycles. The first kappa shape index (κ1) is 19.0. The van der Waals surface area contributed by atoms with Crippen molar-refractivity contribution in [2.45, 2.75) is 38.3 Å². The molecule has 7 heteroatoms. The number of carbonyl (C=O) groups excluding carboxylic acids is 1. The first-order chi connectivity index (χ1) is 12.6. The Hall–Kier alpha value is -1.73. The van der Waals surface area contributed by atoms with Crippen LogP contribution < -0.4 is 15.5 Å². The normalized spacial score (nSPS) is 23.5. The average molecular weight is 377 g/mol. The Labute approximate surface area is 159 Å². The third-order valence-corrected chi connectivity index (χ3v) is 5.99. The van der Waals surface area contributed by atoms with Gasteiger partial charge in [-0.2, -0.15) is 11.8 Å². The molecule has 0 saturated carbocycles. The van der Waals surface area contributed by atoms with Crippen LogP contribution >= 0.6 is 11.8 Å². The van der Waals surface area contributed by atoms with Gasteiger partial charge < -0.3 is 20.6 Å². The summed E-state index contributed by atoms with van der Waals surface area (Å²) in [6.45, 7) is 4.68. The van der Waals surface area contributed by atoms with Crippen molar-refractivity contribution in [3.8, 4) is 0 Å². The van der Waals surface area contributed by atoms with Gasteiger partial charge in [0.15, 0.2) is 5.96 Å². The molecule has 1 amide bonds. The Bertz CT molecular complexity index is 641. The van der Waals surface area contributed by atoms with Crippen LogP contribution in [0.5, 0.6) is 0 Å². The molecule has 2 aliphatic heterocycles. The maximum absolute atomic E-state index is 11.8. The van der Waals surface area contributed by atoms with Crippen molar-refractivity contribution < 1.29 is 9.90 Å². The summed E-state index contributed by atoms with van der Waals surface area (Å²) in [5, 5.41) is 16.9.